The summed E-state index contributed by atoms with van der Waals surface area (Å²) in [5.41, 5.74) is 2.69. The summed E-state index contributed by atoms with van der Waals surface area (Å²) in [6.45, 7) is 1.50. The van der Waals surface area contributed by atoms with Gasteiger partial charge in [-0.15, -0.1) is 0 Å². The zero-order valence-electron chi connectivity index (χ0n) is 14.2. The molecule has 0 radical (unpaired) electrons. The lowest BCUT2D eigenvalue weighted by molar-refractivity contribution is -0.114. The lowest BCUT2D eigenvalue weighted by Gasteiger charge is -2.14. The fourth-order valence-electron chi connectivity index (χ4n) is 3.23. The summed E-state index contributed by atoms with van der Waals surface area (Å²) >= 11 is 0. The smallest absolute Gasteiger partial charge is 0.222 e. The topological polar surface area (TPSA) is 64.1 Å². The quantitative estimate of drug-likeness (QED) is 0.907. The molecule has 1 saturated carbocycles. The average molecular weight is 325 g/mol. The van der Waals surface area contributed by atoms with Gasteiger partial charge in [-0.25, -0.2) is 9.97 Å². The van der Waals surface area contributed by atoms with Crippen molar-refractivity contribution in [2.24, 2.45) is 5.92 Å². The third kappa shape index (κ3) is 3.91. The van der Waals surface area contributed by atoms with Gasteiger partial charge in [-0.3, -0.25) is 4.79 Å². The Labute approximate surface area is 142 Å². The first-order valence-electron chi connectivity index (χ1n) is 8.43. The Morgan fingerprint density at radius 2 is 1.96 bits per heavy atom. The van der Waals surface area contributed by atoms with Crippen LogP contribution < -0.4 is 10.1 Å². The number of nitrogens with zero attached hydrogens (tertiary/aromatic N) is 2. The molecule has 3 rings (SSSR count). The van der Waals surface area contributed by atoms with E-state index in [1.165, 1.54) is 32.6 Å². The fraction of sp³-hybridized carbons (Fsp3) is 0.421. The molecular formula is C19H23N3O2. The van der Waals surface area contributed by atoms with Gasteiger partial charge in [-0.05, 0) is 36.6 Å². The molecule has 0 atom stereocenters. The van der Waals surface area contributed by atoms with Crippen LogP contribution in [0, 0.1) is 5.92 Å². The van der Waals surface area contributed by atoms with E-state index >= 15 is 0 Å². The van der Waals surface area contributed by atoms with Crippen LogP contribution in [0.3, 0.4) is 0 Å². The highest BCUT2D eigenvalue weighted by Gasteiger charge is 2.19. The van der Waals surface area contributed by atoms with Gasteiger partial charge >= 0.3 is 0 Å². The van der Waals surface area contributed by atoms with E-state index in [9.17, 15) is 4.79 Å². The molecule has 5 heteroatoms. The van der Waals surface area contributed by atoms with Gasteiger partial charge in [0.25, 0.3) is 0 Å². The summed E-state index contributed by atoms with van der Waals surface area (Å²) in [6.07, 6.45) is 7.61. The maximum Gasteiger partial charge on any atom is 0.222 e. The van der Waals surface area contributed by atoms with Crippen LogP contribution in [0.15, 0.2) is 30.5 Å². The van der Waals surface area contributed by atoms with Crippen molar-refractivity contribution in [3.05, 3.63) is 36.2 Å². The van der Waals surface area contributed by atoms with E-state index < -0.39 is 0 Å². The number of benzene rings is 1. The minimum atomic E-state index is -0.117. The van der Waals surface area contributed by atoms with Crippen molar-refractivity contribution in [3.8, 4) is 17.0 Å². The molecule has 0 saturated heterocycles. The summed E-state index contributed by atoms with van der Waals surface area (Å²) in [6, 6.07) is 7.77. The summed E-state index contributed by atoms with van der Waals surface area (Å²) < 4.78 is 5.20. The number of aromatic nitrogens is 2. The van der Waals surface area contributed by atoms with Crippen LogP contribution in [0.1, 0.15) is 38.3 Å². The second-order valence-electron chi connectivity index (χ2n) is 6.31. The summed E-state index contributed by atoms with van der Waals surface area (Å²) in [5, 5.41) is 2.81. The third-order valence-corrected chi connectivity index (χ3v) is 4.48. The number of rotatable bonds is 5. The van der Waals surface area contributed by atoms with Gasteiger partial charge in [-0.2, -0.15) is 0 Å². The second kappa shape index (κ2) is 7.43. The molecule has 0 spiro atoms. The minimum Gasteiger partial charge on any atom is -0.497 e. The molecule has 1 heterocycles. The zero-order valence-corrected chi connectivity index (χ0v) is 14.2. The Morgan fingerprint density at radius 1 is 1.25 bits per heavy atom. The number of anilines is 1. The third-order valence-electron chi connectivity index (χ3n) is 4.48. The van der Waals surface area contributed by atoms with Crippen LogP contribution in [-0.2, 0) is 11.2 Å². The number of carbonyl (C=O) groups excluding carboxylic acids is 1. The van der Waals surface area contributed by atoms with Gasteiger partial charge < -0.3 is 10.1 Å². The van der Waals surface area contributed by atoms with Crippen LogP contribution in [0.25, 0.3) is 11.3 Å². The lowest BCUT2D eigenvalue weighted by atomic mass is 10.0. The van der Waals surface area contributed by atoms with Crippen molar-refractivity contribution in [2.45, 2.75) is 39.0 Å². The molecule has 1 aromatic carbocycles. The first kappa shape index (κ1) is 16.4. The Balaban J connectivity index is 1.90. The minimum absolute atomic E-state index is 0.117. The van der Waals surface area contributed by atoms with E-state index in [0.29, 0.717) is 11.7 Å². The van der Waals surface area contributed by atoms with Gasteiger partial charge in [0, 0.05) is 12.5 Å². The highest BCUT2D eigenvalue weighted by atomic mass is 16.5. The first-order valence-corrected chi connectivity index (χ1v) is 8.43. The molecule has 1 N–H and O–H groups in total. The van der Waals surface area contributed by atoms with Gasteiger partial charge in [0.15, 0.2) is 5.82 Å². The van der Waals surface area contributed by atoms with Crippen LogP contribution in [0.4, 0.5) is 5.82 Å². The van der Waals surface area contributed by atoms with E-state index in [-0.39, 0.29) is 5.91 Å². The molecule has 0 bridgehead atoms. The molecule has 0 aliphatic heterocycles. The van der Waals surface area contributed by atoms with Gasteiger partial charge in [0.1, 0.15) is 5.75 Å². The molecule has 126 valence electrons. The Bertz CT molecular complexity index is 707. The number of ether oxygens (including phenoxy) is 1. The van der Waals surface area contributed by atoms with Crippen LogP contribution in [0.2, 0.25) is 0 Å². The number of nitrogens with one attached hydrogen (secondary N) is 1. The van der Waals surface area contributed by atoms with Crippen molar-refractivity contribution in [1.29, 1.82) is 0 Å². The predicted octanol–water partition coefficient (Wildman–Crippen LogP) is 3.84. The second-order valence-corrected chi connectivity index (χ2v) is 6.31. The largest absolute Gasteiger partial charge is 0.497 e. The van der Waals surface area contributed by atoms with E-state index in [0.717, 1.165) is 29.1 Å². The van der Waals surface area contributed by atoms with E-state index in [1.54, 1.807) is 13.3 Å². The lowest BCUT2D eigenvalue weighted by Crippen LogP contribution is -2.13. The van der Waals surface area contributed by atoms with Gasteiger partial charge in [0.2, 0.25) is 5.91 Å². The van der Waals surface area contributed by atoms with Gasteiger partial charge in [-0.1, -0.05) is 25.7 Å². The first-order chi connectivity index (χ1) is 11.7. The van der Waals surface area contributed by atoms with Crippen molar-refractivity contribution in [2.75, 3.05) is 12.4 Å². The summed E-state index contributed by atoms with van der Waals surface area (Å²) in [7, 11) is 1.65. The molecule has 1 aliphatic carbocycles. The molecule has 1 fully saturated rings. The highest BCUT2D eigenvalue weighted by Crippen LogP contribution is 2.30. The number of amides is 1. The molecule has 2 aromatic rings. The maximum atomic E-state index is 11.4. The molecular weight excluding hydrogens is 302 g/mol. The molecule has 5 nitrogen and oxygen atoms in total. The standard InChI is InChI=1S/C19H23N3O2/c1-13(23)21-19-17(11-14-5-3-4-6-14)22-18(12-20-19)15-7-9-16(24-2)10-8-15/h7-10,12,14H,3-6,11H2,1-2H3,(H,20,21,23). The monoisotopic (exact) mass is 325 g/mol. The van der Waals surface area contributed by atoms with E-state index in [2.05, 4.69) is 10.3 Å². The Hall–Kier alpha value is -2.43. The van der Waals surface area contributed by atoms with E-state index in [4.69, 9.17) is 9.72 Å². The number of methoxy groups -OCH3 is 1. The average Bonchev–Trinajstić information content (AvgIpc) is 3.09. The summed E-state index contributed by atoms with van der Waals surface area (Å²) in [4.78, 5) is 20.7. The van der Waals surface area contributed by atoms with Crippen molar-refractivity contribution in [1.82, 2.24) is 9.97 Å². The van der Waals surface area contributed by atoms with Gasteiger partial charge in [0.05, 0.1) is 24.7 Å². The maximum absolute atomic E-state index is 11.4. The zero-order chi connectivity index (χ0) is 16.9. The van der Waals surface area contributed by atoms with Crippen LogP contribution >= 0.6 is 0 Å². The fourth-order valence-corrected chi connectivity index (χ4v) is 3.23. The normalized spacial score (nSPS) is 14.6. The SMILES string of the molecule is COc1ccc(-c2cnc(NC(C)=O)c(CC3CCCC3)n2)cc1. The highest BCUT2D eigenvalue weighted by molar-refractivity contribution is 5.88. The summed E-state index contributed by atoms with van der Waals surface area (Å²) in [5.74, 6) is 1.92. The Morgan fingerprint density at radius 3 is 2.58 bits per heavy atom. The number of hydrogen-bond acceptors (Lipinski definition) is 4. The molecule has 1 amide bonds. The van der Waals surface area contributed by atoms with Crippen molar-refractivity contribution in [3.63, 3.8) is 0 Å². The van der Waals surface area contributed by atoms with Crippen molar-refractivity contribution < 1.29 is 9.53 Å². The van der Waals surface area contributed by atoms with E-state index in [1.807, 2.05) is 24.3 Å². The Kier molecular flexibility index (Phi) is 5.08. The molecule has 24 heavy (non-hydrogen) atoms. The van der Waals surface area contributed by atoms with Crippen molar-refractivity contribution >= 4 is 11.7 Å². The van der Waals surface area contributed by atoms with Crippen LogP contribution in [-0.4, -0.2) is 23.0 Å². The number of hydrogen-bond donors (Lipinski definition) is 1. The predicted molar refractivity (Wildman–Crippen MR) is 94.0 cm³/mol. The molecule has 1 aromatic heterocycles. The molecule has 1 aliphatic rings. The van der Waals surface area contributed by atoms with Crippen LogP contribution in [0.5, 0.6) is 5.75 Å². The number of carbonyl (C=O) groups is 1. The molecule has 0 unspecified atom stereocenters.